The molecule has 0 spiro atoms. The summed E-state index contributed by atoms with van der Waals surface area (Å²) in [5.41, 5.74) is 5.87. The summed E-state index contributed by atoms with van der Waals surface area (Å²) < 4.78 is 0. The first-order chi connectivity index (χ1) is 10.2. The van der Waals surface area contributed by atoms with Crippen molar-refractivity contribution in [2.45, 2.75) is 51.6 Å². The second-order valence-corrected chi connectivity index (χ2v) is 6.49. The van der Waals surface area contributed by atoms with Crippen LogP contribution in [0.5, 0.6) is 0 Å². The zero-order chi connectivity index (χ0) is 14.7. The van der Waals surface area contributed by atoms with Crippen LogP contribution in [0.2, 0.25) is 0 Å². The maximum absolute atomic E-state index is 3.73. The fraction of sp³-hybridized carbons (Fsp3) is 0.400. The Morgan fingerprint density at radius 3 is 2.43 bits per heavy atom. The van der Waals surface area contributed by atoms with E-state index in [0.29, 0.717) is 12.0 Å². The third-order valence-electron chi connectivity index (χ3n) is 4.59. The molecule has 0 radical (unpaired) electrons. The van der Waals surface area contributed by atoms with E-state index in [0.717, 1.165) is 6.54 Å². The fourth-order valence-corrected chi connectivity index (χ4v) is 3.15. The fourth-order valence-electron chi connectivity index (χ4n) is 3.15. The number of rotatable bonds is 4. The minimum atomic E-state index is 0.613. The van der Waals surface area contributed by atoms with Gasteiger partial charge in [0.15, 0.2) is 0 Å². The third kappa shape index (κ3) is 3.54. The van der Waals surface area contributed by atoms with Gasteiger partial charge in [-0.25, -0.2) is 0 Å². The second-order valence-electron chi connectivity index (χ2n) is 6.49. The normalized spacial score (nSPS) is 17.8. The van der Waals surface area contributed by atoms with Crippen LogP contribution in [0, 0.1) is 0 Å². The van der Waals surface area contributed by atoms with Crippen LogP contribution in [0.15, 0.2) is 48.5 Å². The Kier molecular flexibility index (Phi) is 4.40. The van der Waals surface area contributed by atoms with E-state index in [1.54, 1.807) is 0 Å². The van der Waals surface area contributed by atoms with Crippen molar-refractivity contribution in [2.24, 2.45) is 0 Å². The van der Waals surface area contributed by atoms with Crippen LogP contribution in [-0.2, 0) is 19.4 Å². The summed E-state index contributed by atoms with van der Waals surface area (Å²) in [6.45, 7) is 5.46. The summed E-state index contributed by atoms with van der Waals surface area (Å²) in [6, 6.07) is 18.5. The average Bonchev–Trinajstić information content (AvgIpc) is 2.53. The van der Waals surface area contributed by atoms with Crippen LogP contribution in [0.3, 0.4) is 0 Å². The van der Waals surface area contributed by atoms with Crippen LogP contribution < -0.4 is 5.32 Å². The van der Waals surface area contributed by atoms with Crippen molar-refractivity contribution in [3.63, 3.8) is 0 Å². The van der Waals surface area contributed by atoms with Gasteiger partial charge in [-0.15, -0.1) is 0 Å². The molecule has 1 unspecified atom stereocenters. The van der Waals surface area contributed by atoms with E-state index in [-0.39, 0.29) is 0 Å². The third-order valence-corrected chi connectivity index (χ3v) is 4.59. The van der Waals surface area contributed by atoms with Gasteiger partial charge in [-0.1, -0.05) is 62.4 Å². The van der Waals surface area contributed by atoms with Gasteiger partial charge in [0.2, 0.25) is 0 Å². The summed E-state index contributed by atoms with van der Waals surface area (Å²) in [6.07, 6.45) is 3.63. The molecule has 0 aromatic heterocycles. The van der Waals surface area contributed by atoms with Crippen molar-refractivity contribution in [3.05, 3.63) is 70.8 Å². The van der Waals surface area contributed by atoms with Gasteiger partial charge in [-0.2, -0.15) is 0 Å². The molecule has 1 aliphatic carbocycles. The Morgan fingerprint density at radius 2 is 1.71 bits per heavy atom. The molecular formula is C20H25N. The average molecular weight is 279 g/mol. The maximum Gasteiger partial charge on any atom is 0.0208 e. The van der Waals surface area contributed by atoms with Crippen LogP contribution in [0.25, 0.3) is 0 Å². The molecule has 1 N–H and O–H groups in total. The van der Waals surface area contributed by atoms with E-state index in [9.17, 15) is 0 Å². The molecule has 3 rings (SSSR count). The Hall–Kier alpha value is -1.60. The topological polar surface area (TPSA) is 12.0 Å². The molecule has 2 aromatic rings. The van der Waals surface area contributed by atoms with Crippen LogP contribution in [-0.4, -0.2) is 6.04 Å². The first-order valence-electron chi connectivity index (χ1n) is 8.11. The molecule has 0 bridgehead atoms. The molecule has 0 saturated carbocycles. The Bertz CT molecular complexity index is 583. The first-order valence-corrected chi connectivity index (χ1v) is 8.11. The number of hydrogen-bond acceptors (Lipinski definition) is 1. The van der Waals surface area contributed by atoms with E-state index in [2.05, 4.69) is 67.7 Å². The van der Waals surface area contributed by atoms with Crippen molar-refractivity contribution in [1.29, 1.82) is 0 Å². The number of benzene rings is 2. The van der Waals surface area contributed by atoms with E-state index >= 15 is 0 Å². The molecule has 1 nitrogen and oxygen atoms in total. The zero-order valence-corrected chi connectivity index (χ0v) is 13.1. The summed E-state index contributed by atoms with van der Waals surface area (Å²) in [5, 5.41) is 3.73. The summed E-state index contributed by atoms with van der Waals surface area (Å²) in [4.78, 5) is 0. The van der Waals surface area contributed by atoms with Crippen molar-refractivity contribution < 1.29 is 0 Å². The molecule has 2 aromatic carbocycles. The van der Waals surface area contributed by atoms with E-state index in [1.165, 1.54) is 41.5 Å². The van der Waals surface area contributed by atoms with Gasteiger partial charge in [-0.05, 0) is 47.4 Å². The summed E-state index contributed by atoms with van der Waals surface area (Å²) in [7, 11) is 0. The minimum absolute atomic E-state index is 0.613. The largest absolute Gasteiger partial charge is 0.310 e. The van der Waals surface area contributed by atoms with Gasteiger partial charge in [0.25, 0.3) is 0 Å². The van der Waals surface area contributed by atoms with Gasteiger partial charge in [0, 0.05) is 12.6 Å². The molecule has 0 saturated heterocycles. The smallest absolute Gasteiger partial charge is 0.0208 e. The lowest BCUT2D eigenvalue weighted by molar-refractivity contribution is 0.457. The number of aryl methyl sites for hydroxylation is 1. The molecule has 0 heterocycles. The van der Waals surface area contributed by atoms with E-state index in [4.69, 9.17) is 0 Å². The SMILES string of the molecule is CC(C)c1ccc(CNC2CCc3ccccc3C2)cc1. The summed E-state index contributed by atoms with van der Waals surface area (Å²) >= 11 is 0. The van der Waals surface area contributed by atoms with Crippen LogP contribution in [0.4, 0.5) is 0 Å². The van der Waals surface area contributed by atoms with Gasteiger partial charge >= 0.3 is 0 Å². The van der Waals surface area contributed by atoms with Crippen molar-refractivity contribution in [3.8, 4) is 0 Å². The lowest BCUT2D eigenvalue weighted by Gasteiger charge is -2.25. The molecular weight excluding hydrogens is 254 g/mol. The molecule has 110 valence electrons. The Balaban J connectivity index is 1.56. The van der Waals surface area contributed by atoms with Crippen LogP contribution in [0.1, 0.15) is 48.4 Å². The molecule has 1 aliphatic rings. The quantitative estimate of drug-likeness (QED) is 0.871. The maximum atomic E-state index is 3.73. The molecule has 1 atom stereocenters. The monoisotopic (exact) mass is 279 g/mol. The van der Waals surface area contributed by atoms with Gasteiger partial charge in [-0.3, -0.25) is 0 Å². The number of fused-ring (bicyclic) bond motifs is 1. The van der Waals surface area contributed by atoms with E-state index in [1.807, 2.05) is 0 Å². The van der Waals surface area contributed by atoms with Crippen molar-refractivity contribution >= 4 is 0 Å². The van der Waals surface area contributed by atoms with Crippen LogP contribution >= 0.6 is 0 Å². The Labute approximate surface area is 128 Å². The zero-order valence-electron chi connectivity index (χ0n) is 13.1. The summed E-state index contributed by atoms with van der Waals surface area (Å²) in [5.74, 6) is 0.613. The highest BCUT2D eigenvalue weighted by atomic mass is 14.9. The standard InChI is InChI=1S/C20H25N/c1-15(2)17-9-7-16(8-10-17)14-21-20-12-11-18-5-3-4-6-19(18)13-20/h3-10,15,20-21H,11-14H2,1-2H3. The van der Waals surface area contributed by atoms with E-state index < -0.39 is 0 Å². The highest BCUT2D eigenvalue weighted by Crippen LogP contribution is 2.21. The van der Waals surface area contributed by atoms with Gasteiger partial charge in [0.1, 0.15) is 0 Å². The molecule has 1 heteroatoms. The molecule has 0 aliphatic heterocycles. The minimum Gasteiger partial charge on any atom is -0.310 e. The highest BCUT2D eigenvalue weighted by molar-refractivity contribution is 5.30. The Morgan fingerprint density at radius 1 is 1.00 bits per heavy atom. The highest BCUT2D eigenvalue weighted by Gasteiger charge is 2.17. The number of hydrogen-bond donors (Lipinski definition) is 1. The first kappa shape index (κ1) is 14.3. The number of nitrogens with one attached hydrogen (secondary N) is 1. The lowest BCUT2D eigenvalue weighted by atomic mass is 9.88. The van der Waals surface area contributed by atoms with Gasteiger partial charge < -0.3 is 5.32 Å². The lowest BCUT2D eigenvalue weighted by Crippen LogP contribution is -2.34. The molecule has 21 heavy (non-hydrogen) atoms. The van der Waals surface area contributed by atoms with Crippen molar-refractivity contribution in [1.82, 2.24) is 5.32 Å². The van der Waals surface area contributed by atoms with Gasteiger partial charge in [0.05, 0.1) is 0 Å². The second kappa shape index (κ2) is 6.44. The predicted molar refractivity (Wildman–Crippen MR) is 89.6 cm³/mol. The molecule has 0 amide bonds. The predicted octanol–water partition coefficient (Wildman–Crippen LogP) is 4.46. The van der Waals surface area contributed by atoms with Crippen molar-refractivity contribution in [2.75, 3.05) is 0 Å². The molecule has 0 fully saturated rings.